The first-order chi connectivity index (χ1) is 13.4. The summed E-state index contributed by atoms with van der Waals surface area (Å²) in [5.74, 6) is 0.779. The fourth-order valence-corrected chi connectivity index (χ4v) is 4.55. The predicted molar refractivity (Wildman–Crippen MR) is 101 cm³/mol. The number of amides is 1. The molecule has 28 heavy (non-hydrogen) atoms. The fourth-order valence-electron chi connectivity index (χ4n) is 3.11. The van der Waals surface area contributed by atoms with E-state index in [2.05, 4.69) is 5.32 Å². The summed E-state index contributed by atoms with van der Waals surface area (Å²) in [4.78, 5) is 12.9. The van der Waals surface area contributed by atoms with Crippen molar-refractivity contribution in [3.63, 3.8) is 0 Å². The molecule has 9 heteroatoms. The van der Waals surface area contributed by atoms with E-state index in [1.54, 1.807) is 31.2 Å². The summed E-state index contributed by atoms with van der Waals surface area (Å²) in [5.41, 5.74) is 1.52. The molecule has 0 atom stereocenters. The standard InChI is InChI=1S/C19H20N2O6S/c1-13-2-4-15(28(23,24)21-6-8-25-9-7-21)11-16(13)19(22)20-14-3-5-17-18(10-14)27-12-26-17/h2-5,10-11H,6-9,12H2,1H3,(H,20,22). The highest BCUT2D eigenvalue weighted by Gasteiger charge is 2.27. The molecule has 1 saturated heterocycles. The molecular weight excluding hydrogens is 384 g/mol. The maximum Gasteiger partial charge on any atom is 0.255 e. The number of ether oxygens (including phenoxy) is 3. The van der Waals surface area contributed by atoms with Gasteiger partial charge in [0.05, 0.1) is 18.1 Å². The zero-order valence-electron chi connectivity index (χ0n) is 15.3. The highest BCUT2D eigenvalue weighted by Crippen LogP contribution is 2.34. The lowest BCUT2D eigenvalue weighted by Gasteiger charge is -2.26. The quantitative estimate of drug-likeness (QED) is 0.838. The predicted octanol–water partition coefficient (Wildman–Crippen LogP) is 2.00. The molecule has 0 bridgehead atoms. The largest absolute Gasteiger partial charge is 0.454 e. The molecule has 1 amide bonds. The van der Waals surface area contributed by atoms with Crippen LogP contribution in [0.4, 0.5) is 5.69 Å². The molecule has 8 nitrogen and oxygen atoms in total. The number of hydrogen-bond donors (Lipinski definition) is 1. The van der Waals surface area contributed by atoms with Gasteiger partial charge < -0.3 is 19.5 Å². The fraction of sp³-hybridized carbons (Fsp3) is 0.316. The second-order valence-corrected chi connectivity index (χ2v) is 8.45. The second kappa shape index (κ2) is 7.42. The van der Waals surface area contributed by atoms with Gasteiger partial charge in [0.15, 0.2) is 11.5 Å². The minimum Gasteiger partial charge on any atom is -0.454 e. The first kappa shape index (κ1) is 18.7. The van der Waals surface area contributed by atoms with Gasteiger partial charge in [0, 0.05) is 30.4 Å². The minimum atomic E-state index is -3.68. The van der Waals surface area contributed by atoms with Crippen molar-refractivity contribution in [1.82, 2.24) is 4.31 Å². The Morgan fingerprint density at radius 1 is 1.04 bits per heavy atom. The molecule has 2 aromatic rings. The third-order valence-corrected chi connectivity index (χ3v) is 6.59. The van der Waals surface area contributed by atoms with Gasteiger partial charge in [-0.05, 0) is 36.8 Å². The summed E-state index contributed by atoms with van der Waals surface area (Å²) in [7, 11) is -3.68. The highest BCUT2D eigenvalue weighted by molar-refractivity contribution is 7.89. The van der Waals surface area contributed by atoms with E-state index >= 15 is 0 Å². The summed E-state index contributed by atoms with van der Waals surface area (Å²) in [6, 6.07) is 9.67. The molecule has 2 heterocycles. The van der Waals surface area contributed by atoms with Gasteiger partial charge in [-0.15, -0.1) is 0 Å². The molecule has 148 valence electrons. The van der Waals surface area contributed by atoms with E-state index in [4.69, 9.17) is 14.2 Å². The Morgan fingerprint density at radius 2 is 1.79 bits per heavy atom. The molecule has 2 aliphatic rings. The van der Waals surface area contributed by atoms with Crippen molar-refractivity contribution in [3.8, 4) is 11.5 Å². The van der Waals surface area contributed by atoms with Crippen LogP contribution in [0.1, 0.15) is 15.9 Å². The van der Waals surface area contributed by atoms with Gasteiger partial charge in [-0.3, -0.25) is 4.79 Å². The molecule has 2 aliphatic heterocycles. The third-order valence-electron chi connectivity index (χ3n) is 4.69. The number of morpholine rings is 1. The molecule has 0 aliphatic carbocycles. The number of nitrogens with zero attached hydrogens (tertiary/aromatic N) is 1. The van der Waals surface area contributed by atoms with Crippen LogP contribution in [0, 0.1) is 6.92 Å². The Morgan fingerprint density at radius 3 is 2.57 bits per heavy atom. The lowest BCUT2D eigenvalue weighted by atomic mass is 10.1. The molecule has 0 aromatic heterocycles. The number of benzene rings is 2. The number of nitrogens with one attached hydrogen (secondary N) is 1. The van der Waals surface area contributed by atoms with Crippen LogP contribution in [0.25, 0.3) is 0 Å². The Bertz CT molecular complexity index is 1020. The van der Waals surface area contributed by atoms with Crippen LogP contribution in [-0.2, 0) is 14.8 Å². The molecule has 0 unspecified atom stereocenters. The van der Waals surface area contributed by atoms with Gasteiger partial charge >= 0.3 is 0 Å². The van der Waals surface area contributed by atoms with Crippen molar-refractivity contribution < 1.29 is 27.4 Å². The topological polar surface area (TPSA) is 94.2 Å². The van der Waals surface area contributed by atoms with Gasteiger partial charge in [0.2, 0.25) is 16.8 Å². The van der Waals surface area contributed by atoms with E-state index in [0.29, 0.717) is 54.6 Å². The maximum atomic E-state index is 12.9. The zero-order valence-corrected chi connectivity index (χ0v) is 16.1. The lowest BCUT2D eigenvalue weighted by Crippen LogP contribution is -2.40. The van der Waals surface area contributed by atoms with Gasteiger partial charge in [-0.2, -0.15) is 4.31 Å². The second-order valence-electron chi connectivity index (χ2n) is 6.52. The van der Waals surface area contributed by atoms with Crippen molar-refractivity contribution >= 4 is 21.6 Å². The monoisotopic (exact) mass is 404 g/mol. The van der Waals surface area contributed by atoms with Crippen LogP contribution in [0.2, 0.25) is 0 Å². The van der Waals surface area contributed by atoms with Crippen LogP contribution in [0.5, 0.6) is 11.5 Å². The molecule has 4 rings (SSSR count). The van der Waals surface area contributed by atoms with E-state index in [-0.39, 0.29) is 11.7 Å². The van der Waals surface area contributed by atoms with Crippen molar-refractivity contribution in [3.05, 3.63) is 47.5 Å². The van der Waals surface area contributed by atoms with Crippen LogP contribution in [0.15, 0.2) is 41.3 Å². The van der Waals surface area contributed by atoms with Crippen molar-refractivity contribution in [2.75, 3.05) is 38.4 Å². The number of hydrogen-bond acceptors (Lipinski definition) is 6. The van der Waals surface area contributed by atoms with E-state index < -0.39 is 15.9 Å². The number of sulfonamides is 1. The van der Waals surface area contributed by atoms with Gasteiger partial charge in [0.1, 0.15) is 0 Å². The summed E-state index contributed by atoms with van der Waals surface area (Å²) in [6.07, 6.45) is 0. The highest BCUT2D eigenvalue weighted by atomic mass is 32.2. The number of aryl methyl sites for hydroxylation is 1. The molecule has 0 saturated carbocycles. The van der Waals surface area contributed by atoms with Gasteiger partial charge in [-0.25, -0.2) is 8.42 Å². The molecule has 1 N–H and O–H groups in total. The van der Waals surface area contributed by atoms with E-state index in [1.807, 2.05) is 0 Å². The molecule has 1 fully saturated rings. The Hall–Kier alpha value is -2.62. The van der Waals surface area contributed by atoms with E-state index in [0.717, 1.165) is 0 Å². The smallest absolute Gasteiger partial charge is 0.255 e. The Kier molecular flexibility index (Phi) is 4.96. The van der Waals surface area contributed by atoms with Gasteiger partial charge in [0.25, 0.3) is 5.91 Å². The van der Waals surface area contributed by atoms with Crippen LogP contribution in [0.3, 0.4) is 0 Å². The summed E-state index contributed by atoms with van der Waals surface area (Å²) >= 11 is 0. The zero-order chi connectivity index (χ0) is 19.7. The SMILES string of the molecule is Cc1ccc(S(=O)(=O)N2CCOCC2)cc1C(=O)Nc1ccc2c(c1)OCO2. The van der Waals surface area contributed by atoms with Crippen molar-refractivity contribution in [1.29, 1.82) is 0 Å². The van der Waals surface area contributed by atoms with E-state index in [1.165, 1.54) is 16.4 Å². The molecule has 0 radical (unpaired) electrons. The third kappa shape index (κ3) is 3.56. The average molecular weight is 404 g/mol. The van der Waals surface area contributed by atoms with Crippen molar-refractivity contribution in [2.45, 2.75) is 11.8 Å². The minimum absolute atomic E-state index is 0.0934. The number of rotatable bonds is 4. The Labute approximate surface area is 163 Å². The maximum absolute atomic E-state index is 12.9. The van der Waals surface area contributed by atoms with Gasteiger partial charge in [-0.1, -0.05) is 6.07 Å². The number of anilines is 1. The first-order valence-electron chi connectivity index (χ1n) is 8.85. The van der Waals surface area contributed by atoms with Crippen LogP contribution in [-0.4, -0.2) is 51.7 Å². The van der Waals surface area contributed by atoms with Crippen LogP contribution < -0.4 is 14.8 Å². The molecular formula is C19H20N2O6S. The number of fused-ring (bicyclic) bond motifs is 1. The molecule has 0 spiro atoms. The Balaban J connectivity index is 1.59. The number of carbonyl (C=O) groups excluding carboxylic acids is 1. The summed E-state index contributed by atoms with van der Waals surface area (Å²) in [6.45, 7) is 3.24. The summed E-state index contributed by atoms with van der Waals surface area (Å²) in [5, 5.41) is 2.78. The summed E-state index contributed by atoms with van der Waals surface area (Å²) < 4.78 is 42.9. The molecule has 2 aromatic carbocycles. The lowest BCUT2D eigenvalue weighted by molar-refractivity contribution is 0.0730. The first-order valence-corrected chi connectivity index (χ1v) is 10.3. The van der Waals surface area contributed by atoms with Crippen LogP contribution >= 0.6 is 0 Å². The normalized spacial score (nSPS) is 16.8. The average Bonchev–Trinajstić information content (AvgIpc) is 3.16. The number of carbonyl (C=O) groups is 1. The van der Waals surface area contributed by atoms with E-state index in [9.17, 15) is 13.2 Å². The van der Waals surface area contributed by atoms with Crippen molar-refractivity contribution in [2.24, 2.45) is 0 Å².